The molecule has 0 atom stereocenters. The van der Waals surface area contributed by atoms with Gasteiger partial charge in [-0.2, -0.15) is 4.80 Å². The first-order chi connectivity index (χ1) is 12.1. The zero-order chi connectivity index (χ0) is 17.8. The van der Waals surface area contributed by atoms with E-state index in [-0.39, 0.29) is 23.2 Å². The zero-order valence-electron chi connectivity index (χ0n) is 13.2. The Morgan fingerprint density at radius 1 is 1.20 bits per heavy atom. The number of hydrogen-bond donors (Lipinski definition) is 0. The summed E-state index contributed by atoms with van der Waals surface area (Å²) in [6.45, 7) is 0.610. The summed E-state index contributed by atoms with van der Waals surface area (Å²) < 4.78 is 5.65. The van der Waals surface area contributed by atoms with E-state index in [9.17, 15) is 4.79 Å². The maximum Gasteiger partial charge on any atom is 0.191 e. The summed E-state index contributed by atoms with van der Waals surface area (Å²) in [5.41, 5.74) is 0.963. The van der Waals surface area contributed by atoms with Gasteiger partial charge in [0.1, 0.15) is 6.61 Å². The second kappa shape index (κ2) is 8.17. The second-order valence-electron chi connectivity index (χ2n) is 5.54. The minimum atomic E-state index is -0.172. The first-order valence-electron chi connectivity index (χ1n) is 7.81. The molecule has 1 heterocycles. The third-order valence-corrected chi connectivity index (χ3v) is 4.99. The van der Waals surface area contributed by atoms with E-state index in [0.717, 1.165) is 19.3 Å². The van der Waals surface area contributed by atoms with Crippen LogP contribution in [-0.4, -0.2) is 32.6 Å². The standard InChI is InChI=1S/C16H15Cl3N4O2/c17-12-4-2-1-3-10(12)15(24)11-5-6-13(18)16(14(11)19)25-8-7-23-21-9-20-22-23/h5-6,9H,1-4,7-8H2. The fraction of sp³-hybridized carbons (Fsp3) is 0.375. The number of nitrogens with zero attached hydrogens (tertiary/aromatic N) is 4. The topological polar surface area (TPSA) is 69.9 Å². The van der Waals surface area contributed by atoms with Crippen molar-refractivity contribution in [2.45, 2.75) is 32.2 Å². The first-order valence-corrected chi connectivity index (χ1v) is 8.95. The number of tetrazole rings is 1. The van der Waals surface area contributed by atoms with Crippen molar-refractivity contribution in [2.24, 2.45) is 0 Å². The molecular weight excluding hydrogens is 387 g/mol. The Hall–Kier alpha value is -1.63. The Kier molecular flexibility index (Phi) is 5.93. The van der Waals surface area contributed by atoms with Gasteiger partial charge in [-0.25, -0.2) is 0 Å². The molecule has 1 aromatic heterocycles. The maximum atomic E-state index is 12.8. The molecule has 0 aliphatic heterocycles. The molecule has 0 fully saturated rings. The summed E-state index contributed by atoms with van der Waals surface area (Å²) in [4.78, 5) is 14.2. The van der Waals surface area contributed by atoms with Crippen molar-refractivity contribution in [1.82, 2.24) is 20.2 Å². The third-order valence-electron chi connectivity index (χ3n) is 3.90. The van der Waals surface area contributed by atoms with Gasteiger partial charge in [0.2, 0.25) is 0 Å². The van der Waals surface area contributed by atoms with Crippen molar-refractivity contribution < 1.29 is 9.53 Å². The lowest BCUT2D eigenvalue weighted by Gasteiger charge is -2.17. The lowest BCUT2D eigenvalue weighted by atomic mass is 9.92. The molecule has 2 aromatic rings. The van der Waals surface area contributed by atoms with Gasteiger partial charge in [0.05, 0.1) is 16.6 Å². The monoisotopic (exact) mass is 400 g/mol. The molecule has 6 nitrogen and oxygen atoms in total. The quantitative estimate of drug-likeness (QED) is 0.675. The molecule has 0 bridgehead atoms. The highest BCUT2D eigenvalue weighted by molar-refractivity contribution is 6.40. The predicted octanol–water partition coefficient (Wildman–Crippen LogP) is 4.31. The van der Waals surface area contributed by atoms with Gasteiger partial charge in [-0.15, -0.1) is 10.2 Å². The fourth-order valence-electron chi connectivity index (χ4n) is 2.63. The highest BCUT2D eigenvalue weighted by Gasteiger charge is 2.24. The van der Waals surface area contributed by atoms with Crippen LogP contribution in [0.5, 0.6) is 5.75 Å². The Labute approximate surface area is 159 Å². The molecular formula is C16H15Cl3N4O2. The van der Waals surface area contributed by atoms with Crippen molar-refractivity contribution in [3.63, 3.8) is 0 Å². The molecule has 9 heteroatoms. The Bertz CT molecular complexity index is 806. The molecule has 0 N–H and O–H groups in total. The van der Waals surface area contributed by atoms with Crippen LogP contribution in [0.4, 0.5) is 0 Å². The molecule has 0 saturated heterocycles. The van der Waals surface area contributed by atoms with Crippen molar-refractivity contribution in [1.29, 1.82) is 0 Å². The molecule has 1 aliphatic carbocycles. The van der Waals surface area contributed by atoms with Gasteiger partial charge >= 0.3 is 0 Å². The molecule has 132 valence electrons. The molecule has 25 heavy (non-hydrogen) atoms. The number of rotatable bonds is 6. The molecule has 0 unspecified atom stereocenters. The normalized spacial score (nSPS) is 14.7. The molecule has 1 aliphatic rings. The van der Waals surface area contributed by atoms with E-state index >= 15 is 0 Å². The van der Waals surface area contributed by atoms with Crippen molar-refractivity contribution in [3.05, 3.63) is 44.7 Å². The SMILES string of the molecule is O=C(C1=C(Cl)CCCC1)c1ccc(Cl)c(OCCn2ncnn2)c1Cl. The molecule has 1 aromatic carbocycles. The highest BCUT2D eigenvalue weighted by atomic mass is 35.5. The van der Waals surface area contributed by atoms with Crippen LogP contribution in [0.3, 0.4) is 0 Å². The van der Waals surface area contributed by atoms with Crippen LogP contribution >= 0.6 is 34.8 Å². The van der Waals surface area contributed by atoms with E-state index < -0.39 is 0 Å². The Balaban J connectivity index is 1.80. The third kappa shape index (κ3) is 4.14. The minimum absolute atomic E-state index is 0.172. The lowest BCUT2D eigenvalue weighted by molar-refractivity contribution is 0.102. The van der Waals surface area contributed by atoms with E-state index in [1.807, 2.05) is 0 Å². The maximum absolute atomic E-state index is 12.8. The Morgan fingerprint density at radius 3 is 2.72 bits per heavy atom. The van der Waals surface area contributed by atoms with E-state index in [2.05, 4.69) is 15.4 Å². The van der Waals surface area contributed by atoms with Crippen molar-refractivity contribution >= 4 is 40.6 Å². The van der Waals surface area contributed by atoms with Gasteiger partial charge in [-0.3, -0.25) is 4.79 Å². The lowest BCUT2D eigenvalue weighted by Crippen LogP contribution is -2.13. The van der Waals surface area contributed by atoms with E-state index in [1.165, 1.54) is 11.1 Å². The van der Waals surface area contributed by atoms with Gasteiger partial charge in [-0.05, 0) is 43.0 Å². The first kappa shape index (κ1) is 18.2. The highest BCUT2D eigenvalue weighted by Crippen LogP contribution is 2.38. The largest absolute Gasteiger partial charge is 0.488 e. The van der Waals surface area contributed by atoms with Crippen LogP contribution in [0, 0.1) is 0 Å². The van der Waals surface area contributed by atoms with Crippen LogP contribution in [0.2, 0.25) is 10.0 Å². The smallest absolute Gasteiger partial charge is 0.191 e. The number of benzene rings is 1. The van der Waals surface area contributed by atoms with Gasteiger partial charge in [0, 0.05) is 16.2 Å². The molecule has 0 radical (unpaired) electrons. The molecule has 3 rings (SSSR count). The number of aromatic nitrogens is 4. The van der Waals surface area contributed by atoms with Crippen LogP contribution in [0.25, 0.3) is 0 Å². The number of allylic oxidation sites excluding steroid dienone is 2. The molecule has 0 saturated carbocycles. The average molecular weight is 402 g/mol. The number of hydrogen-bond acceptors (Lipinski definition) is 5. The summed E-state index contributed by atoms with van der Waals surface area (Å²) in [5.74, 6) is 0.0935. The predicted molar refractivity (Wildman–Crippen MR) is 95.5 cm³/mol. The van der Waals surface area contributed by atoms with Crippen LogP contribution in [-0.2, 0) is 6.54 Å². The number of ether oxygens (including phenoxy) is 1. The van der Waals surface area contributed by atoms with Crippen LogP contribution in [0.1, 0.15) is 36.0 Å². The second-order valence-corrected chi connectivity index (χ2v) is 6.78. The van der Waals surface area contributed by atoms with Gasteiger partial charge in [-0.1, -0.05) is 34.8 Å². The van der Waals surface area contributed by atoms with E-state index in [0.29, 0.717) is 34.2 Å². The average Bonchev–Trinajstić information content (AvgIpc) is 3.11. The summed E-state index contributed by atoms with van der Waals surface area (Å²) in [7, 11) is 0. The number of carbonyl (C=O) groups is 1. The van der Waals surface area contributed by atoms with Gasteiger partial charge < -0.3 is 4.74 Å². The van der Waals surface area contributed by atoms with E-state index in [1.54, 1.807) is 12.1 Å². The Morgan fingerprint density at radius 2 is 2.00 bits per heavy atom. The summed E-state index contributed by atoms with van der Waals surface area (Å²) in [5, 5.41) is 12.4. The molecule has 0 spiro atoms. The van der Waals surface area contributed by atoms with Crippen LogP contribution in [0.15, 0.2) is 29.1 Å². The number of Topliss-reactive ketones (excluding diaryl/α,β-unsaturated/α-hetero) is 1. The fourth-order valence-corrected chi connectivity index (χ4v) is 3.51. The number of ketones is 1. The summed E-state index contributed by atoms with van der Waals surface area (Å²) >= 11 is 18.8. The number of carbonyl (C=O) groups excluding carboxylic acids is 1. The number of halogens is 3. The van der Waals surface area contributed by atoms with Crippen molar-refractivity contribution in [2.75, 3.05) is 6.61 Å². The van der Waals surface area contributed by atoms with Crippen molar-refractivity contribution in [3.8, 4) is 5.75 Å². The summed E-state index contributed by atoms with van der Waals surface area (Å²) in [6, 6.07) is 3.20. The van der Waals surface area contributed by atoms with Gasteiger partial charge in [0.15, 0.2) is 17.9 Å². The minimum Gasteiger partial charge on any atom is -0.488 e. The van der Waals surface area contributed by atoms with Gasteiger partial charge in [0.25, 0.3) is 0 Å². The van der Waals surface area contributed by atoms with E-state index in [4.69, 9.17) is 39.5 Å². The molecule has 0 amide bonds. The van der Waals surface area contributed by atoms with Crippen LogP contribution < -0.4 is 4.74 Å². The summed E-state index contributed by atoms with van der Waals surface area (Å²) in [6.07, 6.45) is 4.65. The zero-order valence-corrected chi connectivity index (χ0v) is 15.5.